The molecule has 0 fully saturated rings. The molecule has 1 aromatic heterocycles. The van der Waals surface area contributed by atoms with E-state index < -0.39 is 4.92 Å². The van der Waals surface area contributed by atoms with Crippen molar-refractivity contribution in [2.75, 3.05) is 24.2 Å². The normalized spacial score (nSPS) is 14.6. The molecule has 0 atom stereocenters. The first kappa shape index (κ1) is 14.2. The molecular formula is C13H19N5O2. The van der Waals surface area contributed by atoms with E-state index in [9.17, 15) is 10.1 Å². The van der Waals surface area contributed by atoms with Gasteiger partial charge in [-0.1, -0.05) is 11.6 Å². The Labute approximate surface area is 117 Å². The quantitative estimate of drug-likeness (QED) is 0.472. The maximum absolute atomic E-state index is 11.1. The van der Waals surface area contributed by atoms with Crippen molar-refractivity contribution in [1.82, 2.24) is 9.97 Å². The molecule has 7 heteroatoms. The van der Waals surface area contributed by atoms with Crippen LogP contribution in [-0.2, 0) is 0 Å². The summed E-state index contributed by atoms with van der Waals surface area (Å²) in [4.78, 5) is 18.5. The first-order valence-electron chi connectivity index (χ1n) is 6.81. The first-order chi connectivity index (χ1) is 9.72. The van der Waals surface area contributed by atoms with Crippen LogP contribution in [-0.4, -0.2) is 28.5 Å². The summed E-state index contributed by atoms with van der Waals surface area (Å²) < 4.78 is 0. The largest absolute Gasteiger partial charge is 0.367 e. The molecule has 1 aromatic rings. The lowest BCUT2D eigenvalue weighted by molar-refractivity contribution is -0.383. The fourth-order valence-electron chi connectivity index (χ4n) is 2.34. The Hall–Kier alpha value is -2.18. The molecule has 0 saturated carbocycles. The zero-order valence-electron chi connectivity index (χ0n) is 11.6. The predicted octanol–water partition coefficient (Wildman–Crippen LogP) is 2.73. The minimum Gasteiger partial charge on any atom is -0.367 e. The summed E-state index contributed by atoms with van der Waals surface area (Å²) in [6.45, 7) is 0.646. The van der Waals surface area contributed by atoms with E-state index in [1.165, 1.54) is 24.7 Å². The molecule has 0 bridgehead atoms. The second kappa shape index (κ2) is 6.83. The highest BCUT2D eigenvalue weighted by Crippen LogP contribution is 2.28. The van der Waals surface area contributed by atoms with Gasteiger partial charge in [-0.3, -0.25) is 10.1 Å². The second-order valence-electron chi connectivity index (χ2n) is 4.71. The monoisotopic (exact) mass is 277 g/mol. The summed E-state index contributed by atoms with van der Waals surface area (Å²) in [5, 5.41) is 16.9. The fourth-order valence-corrected chi connectivity index (χ4v) is 2.34. The molecule has 2 N–H and O–H groups in total. The number of nitro groups is 1. The van der Waals surface area contributed by atoms with Crippen LogP contribution in [0.15, 0.2) is 18.0 Å². The van der Waals surface area contributed by atoms with E-state index in [0.29, 0.717) is 6.54 Å². The molecule has 0 aliphatic heterocycles. The molecule has 0 saturated heterocycles. The van der Waals surface area contributed by atoms with E-state index in [0.717, 1.165) is 19.3 Å². The third-order valence-corrected chi connectivity index (χ3v) is 3.37. The van der Waals surface area contributed by atoms with Gasteiger partial charge in [-0.25, -0.2) is 9.97 Å². The van der Waals surface area contributed by atoms with Gasteiger partial charge in [-0.05, 0) is 32.1 Å². The maximum atomic E-state index is 11.1. The summed E-state index contributed by atoms with van der Waals surface area (Å²) in [5.74, 6) is 0.496. The van der Waals surface area contributed by atoms with E-state index in [1.807, 2.05) is 0 Å². The van der Waals surface area contributed by atoms with Gasteiger partial charge in [0.25, 0.3) is 0 Å². The van der Waals surface area contributed by atoms with Crippen molar-refractivity contribution in [2.24, 2.45) is 0 Å². The number of hydrogen-bond donors (Lipinski definition) is 2. The summed E-state index contributed by atoms with van der Waals surface area (Å²) in [6, 6.07) is 0. The van der Waals surface area contributed by atoms with Gasteiger partial charge in [0, 0.05) is 13.6 Å². The number of rotatable bonds is 6. The number of nitrogens with zero attached hydrogens (tertiary/aromatic N) is 3. The van der Waals surface area contributed by atoms with Crippen LogP contribution in [0.25, 0.3) is 0 Å². The predicted molar refractivity (Wildman–Crippen MR) is 77.9 cm³/mol. The topological polar surface area (TPSA) is 93.0 Å². The molecule has 0 radical (unpaired) electrons. The Balaban J connectivity index is 2.01. The van der Waals surface area contributed by atoms with Gasteiger partial charge in [0.15, 0.2) is 0 Å². The van der Waals surface area contributed by atoms with E-state index in [2.05, 4.69) is 26.7 Å². The highest BCUT2D eigenvalue weighted by atomic mass is 16.6. The van der Waals surface area contributed by atoms with Crippen LogP contribution in [0.2, 0.25) is 0 Å². The number of nitrogens with one attached hydrogen (secondary N) is 2. The number of hydrogen-bond acceptors (Lipinski definition) is 6. The Bertz CT molecular complexity index is 515. The van der Waals surface area contributed by atoms with Crippen LogP contribution in [0.3, 0.4) is 0 Å². The average Bonchev–Trinajstić information content (AvgIpc) is 2.47. The van der Waals surface area contributed by atoms with E-state index in [4.69, 9.17) is 0 Å². The third kappa shape index (κ3) is 3.43. The molecule has 0 amide bonds. The Morgan fingerprint density at radius 3 is 2.80 bits per heavy atom. The highest BCUT2D eigenvalue weighted by molar-refractivity contribution is 5.68. The molecule has 1 aliphatic carbocycles. The van der Waals surface area contributed by atoms with Gasteiger partial charge in [0.2, 0.25) is 11.6 Å². The third-order valence-electron chi connectivity index (χ3n) is 3.37. The summed E-state index contributed by atoms with van der Waals surface area (Å²) in [7, 11) is 1.60. The summed E-state index contributed by atoms with van der Waals surface area (Å²) in [6.07, 6.45) is 9.28. The number of allylic oxidation sites excluding steroid dienone is 1. The minimum atomic E-state index is -0.464. The fraction of sp³-hybridized carbons (Fsp3) is 0.538. The molecule has 0 aromatic carbocycles. The van der Waals surface area contributed by atoms with Crippen LogP contribution < -0.4 is 10.6 Å². The van der Waals surface area contributed by atoms with Gasteiger partial charge < -0.3 is 10.6 Å². The SMILES string of the molecule is CNc1ncnc(NCCC2=CCCCC2)c1[N+](=O)[O-]. The molecule has 0 spiro atoms. The standard InChI is InChI=1S/C13H19N5O2/c1-14-12-11(18(19)20)13(17-9-16-12)15-8-7-10-5-3-2-4-6-10/h5,9H,2-4,6-8H2,1H3,(H2,14,15,16,17). The Morgan fingerprint density at radius 2 is 2.15 bits per heavy atom. The van der Waals surface area contributed by atoms with Crippen LogP contribution in [0.4, 0.5) is 17.3 Å². The van der Waals surface area contributed by atoms with Gasteiger partial charge in [-0.2, -0.15) is 0 Å². The van der Waals surface area contributed by atoms with Crippen LogP contribution in [0.5, 0.6) is 0 Å². The highest BCUT2D eigenvalue weighted by Gasteiger charge is 2.21. The zero-order chi connectivity index (χ0) is 14.4. The van der Waals surface area contributed by atoms with Gasteiger partial charge in [-0.15, -0.1) is 0 Å². The lowest BCUT2D eigenvalue weighted by atomic mass is 9.97. The number of aromatic nitrogens is 2. The second-order valence-corrected chi connectivity index (χ2v) is 4.71. The molecule has 108 valence electrons. The average molecular weight is 277 g/mol. The van der Waals surface area contributed by atoms with E-state index in [1.54, 1.807) is 7.05 Å². The molecule has 2 rings (SSSR count). The Morgan fingerprint density at radius 1 is 1.35 bits per heavy atom. The van der Waals surface area contributed by atoms with Crippen LogP contribution in [0.1, 0.15) is 32.1 Å². The van der Waals surface area contributed by atoms with E-state index in [-0.39, 0.29) is 17.3 Å². The lowest BCUT2D eigenvalue weighted by Crippen LogP contribution is -2.10. The van der Waals surface area contributed by atoms with E-state index >= 15 is 0 Å². The minimum absolute atomic E-state index is 0.104. The lowest BCUT2D eigenvalue weighted by Gasteiger charge is -2.13. The zero-order valence-corrected chi connectivity index (χ0v) is 11.6. The van der Waals surface area contributed by atoms with Crippen molar-refractivity contribution < 1.29 is 4.92 Å². The molecule has 7 nitrogen and oxygen atoms in total. The molecule has 20 heavy (non-hydrogen) atoms. The van der Waals surface area contributed by atoms with Gasteiger partial charge >= 0.3 is 5.69 Å². The number of anilines is 2. The first-order valence-corrected chi connectivity index (χ1v) is 6.81. The maximum Gasteiger partial charge on any atom is 0.353 e. The summed E-state index contributed by atoms with van der Waals surface area (Å²) >= 11 is 0. The van der Waals surface area contributed by atoms with Gasteiger partial charge in [0.05, 0.1) is 4.92 Å². The molecule has 1 aliphatic rings. The van der Waals surface area contributed by atoms with Crippen LogP contribution in [0, 0.1) is 10.1 Å². The molecule has 0 unspecified atom stereocenters. The van der Waals surface area contributed by atoms with Crippen molar-refractivity contribution in [3.8, 4) is 0 Å². The van der Waals surface area contributed by atoms with Crippen molar-refractivity contribution in [3.63, 3.8) is 0 Å². The van der Waals surface area contributed by atoms with Crippen molar-refractivity contribution in [1.29, 1.82) is 0 Å². The molecule has 1 heterocycles. The van der Waals surface area contributed by atoms with Crippen LogP contribution >= 0.6 is 0 Å². The van der Waals surface area contributed by atoms with Crippen molar-refractivity contribution in [3.05, 3.63) is 28.1 Å². The smallest absolute Gasteiger partial charge is 0.353 e. The Kier molecular flexibility index (Phi) is 4.86. The summed E-state index contributed by atoms with van der Waals surface area (Å²) in [5.41, 5.74) is 1.32. The van der Waals surface area contributed by atoms with Crippen molar-refractivity contribution >= 4 is 17.3 Å². The van der Waals surface area contributed by atoms with Gasteiger partial charge in [0.1, 0.15) is 6.33 Å². The molecular weight excluding hydrogens is 258 g/mol. The van der Waals surface area contributed by atoms with Crippen molar-refractivity contribution in [2.45, 2.75) is 32.1 Å².